The van der Waals surface area contributed by atoms with Crippen LogP contribution < -0.4 is 5.32 Å². The predicted octanol–water partition coefficient (Wildman–Crippen LogP) is 2.92. The molecule has 1 heterocycles. The Labute approximate surface area is 109 Å². The van der Waals surface area contributed by atoms with Gasteiger partial charge in [0.2, 0.25) is 11.8 Å². The van der Waals surface area contributed by atoms with Gasteiger partial charge < -0.3 is 9.73 Å². The van der Waals surface area contributed by atoms with Gasteiger partial charge in [0.15, 0.2) is 0 Å². The zero-order valence-corrected chi connectivity index (χ0v) is 11.4. The first kappa shape index (κ1) is 12.3. The number of halogens is 1. The molecule has 4 nitrogen and oxygen atoms in total. The van der Waals surface area contributed by atoms with Crippen LogP contribution in [0.3, 0.4) is 0 Å². The van der Waals surface area contributed by atoms with Gasteiger partial charge in [0, 0.05) is 4.47 Å². The molecule has 2 aromatic rings. The van der Waals surface area contributed by atoms with Crippen molar-refractivity contribution in [1.82, 2.24) is 15.5 Å². The van der Waals surface area contributed by atoms with Gasteiger partial charge in [0.1, 0.15) is 0 Å². The van der Waals surface area contributed by atoms with E-state index >= 15 is 0 Å². The number of aryl methyl sites for hydroxylation is 1. The van der Waals surface area contributed by atoms with Crippen molar-refractivity contribution in [1.29, 1.82) is 0 Å². The molecule has 0 aliphatic carbocycles. The Hall–Kier alpha value is -1.20. The molecule has 0 bridgehead atoms. The monoisotopic (exact) mass is 295 g/mol. The molecule has 0 aliphatic rings. The Kier molecular flexibility index (Phi) is 3.91. The van der Waals surface area contributed by atoms with Crippen LogP contribution in [0.2, 0.25) is 0 Å². The molecule has 2 rings (SSSR count). The van der Waals surface area contributed by atoms with Crippen LogP contribution in [0.4, 0.5) is 0 Å². The highest BCUT2D eigenvalue weighted by molar-refractivity contribution is 9.10. The van der Waals surface area contributed by atoms with Gasteiger partial charge >= 0.3 is 0 Å². The van der Waals surface area contributed by atoms with E-state index in [0.717, 1.165) is 22.1 Å². The minimum Gasteiger partial charge on any atom is -0.419 e. The second-order valence-corrected chi connectivity index (χ2v) is 4.62. The molecule has 0 saturated carbocycles. The normalized spacial score (nSPS) is 10.8. The summed E-state index contributed by atoms with van der Waals surface area (Å²) in [7, 11) is 0. The molecule has 17 heavy (non-hydrogen) atoms. The smallest absolute Gasteiger partial charge is 0.248 e. The molecule has 1 aromatic carbocycles. The van der Waals surface area contributed by atoms with E-state index in [1.54, 1.807) is 0 Å². The molecule has 0 amide bonds. The SMILES string of the molecule is CCNCc1nnc(-c2cc(C)ccc2Br)o1. The molecule has 0 fully saturated rings. The molecule has 0 atom stereocenters. The summed E-state index contributed by atoms with van der Waals surface area (Å²) >= 11 is 3.49. The Morgan fingerprint density at radius 3 is 2.94 bits per heavy atom. The number of nitrogens with one attached hydrogen (secondary N) is 1. The van der Waals surface area contributed by atoms with Crippen molar-refractivity contribution in [2.75, 3.05) is 6.54 Å². The van der Waals surface area contributed by atoms with E-state index in [2.05, 4.69) is 31.4 Å². The summed E-state index contributed by atoms with van der Waals surface area (Å²) < 4.78 is 6.55. The lowest BCUT2D eigenvalue weighted by Gasteiger charge is -2.00. The number of nitrogens with zero attached hydrogens (tertiary/aromatic N) is 2. The molecular formula is C12H14BrN3O. The van der Waals surface area contributed by atoms with Crippen LogP contribution in [0.15, 0.2) is 27.1 Å². The number of aromatic nitrogens is 2. The lowest BCUT2D eigenvalue weighted by Crippen LogP contribution is -2.11. The minimum absolute atomic E-state index is 0.550. The van der Waals surface area contributed by atoms with Gasteiger partial charge in [0.25, 0.3) is 0 Å². The summed E-state index contributed by atoms with van der Waals surface area (Å²) in [5.74, 6) is 1.16. The van der Waals surface area contributed by atoms with Crippen LogP contribution in [0.5, 0.6) is 0 Å². The van der Waals surface area contributed by atoms with Gasteiger partial charge in [-0.15, -0.1) is 10.2 Å². The topological polar surface area (TPSA) is 51.0 Å². The Morgan fingerprint density at radius 1 is 1.35 bits per heavy atom. The summed E-state index contributed by atoms with van der Waals surface area (Å²) in [4.78, 5) is 0. The summed E-state index contributed by atoms with van der Waals surface area (Å²) in [6, 6.07) is 6.04. The Bertz CT molecular complexity index is 510. The molecule has 0 unspecified atom stereocenters. The van der Waals surface area contributed by atoms with E-state index in [1.807, 2.05) is 32.0 Å². The van der Waals surface area contributed by atoms with Crippen LogP contribution >= 0.6 is 15.9 Å². The third-order valence-electron chi connectivity index (χ3n) is 2.35. The quantitative estimate of drug-likeness (QED) is 0.942. The first-order chi connectivity index (χ1) is 8.20. The van der Waals surface area contributed by atoms with E-state index in [-0.39, 0.29) is 0 Å². The second kappa shape index (κ2) is 5.42. The van der Waals surface area contributed by atoms with Gasteiger partial charge in [-0.1, -0.05) is 18.6 Å². The third kappa shape index (κ3) is 2.92. The first-order valence-electron chi connectivity index (χ1n) is 5.50. The van der Waals surface area contributed by atoms with Crippen molar-refractivity contribution in [2.45, 2.75) is 20.4 Å². The van der Waals surface area contributed by atoms with Crippen LogP contribution in [0.25, 0.3) is 11.5 Å². The van der Waals surface area contributed by atoms with Crippen molar-refractivity contribution in [2.24, 2.45) is 0 Å². The Morgan fingerprint density at radius 2 is 2.18 bits per heavy atom. The van der Waals surface area contributed by atoms with E-state index in [0.29, 0.717) is 18.3 Å². The predicted molar refractivity (Wildman–Crippen MR) is 69.6 cm³/mol. The van der Waals surface area contributed by atoms with E-state index < -0.39 is 0 Å². The van der Waals surface area contributed by atoms with E-state index in [4.69, 9.17) is 4.42 Å². The van der Waals surface area contributed by atoms with Crippen molar-refractivity contribution in [3.8, 4) is 11.5 Å². The number of benzene rings is 1. The van der Waals surface area contributed by atoms with E-state index in [9.17, 15) is 0 Å². The first-order valence-corrected chi connectivity index (χ1v) is 6.29. The van der Waals surface area contributed by atoms with E-state index in [1.165, 1.54) is 0 Å². The second-order valence-electron chi connectivity index (χ2n) is 3.76. The third-order valence-corrected chi connectivity index (χ3v) is 3.04. The number of rotatable bonds is 4. The molecular weight excluding hydrogens is 282 g/mol. The van der Waals surface area contributed by atoms with Crippen molar-refractivity contribution < 1.29 is 4.42 Å². The molecule has 0 saturated heterocycles. The molecule has 0 spiro atoms. The molecule has 1 aromatic heterocycles. The molecule has 90 valence electrons. The minimum atomic E-state index is 0.550. The average Bonchev–Trinajstić information content (AvgIpc) is 2.78. The summed E-state index contributed by atoms with van der Waals surface area (Å²) in [5.41, 5.74) is 2.09. The molecule has 0 aliphatic heterocycles. The highest BCUT2D eigenvalue weighted by Crippen LogP contribution is 2.28. The zero-order chi connectivity index (χ0) is 12.3. The largest absolute Gasteiger partial charge is 0.419 e. The van der Waals surface area contributed by atoms with Crippen LogP contribution in [0, 0.1) is 6.92 Å². The number of hydrogen-bond donors (Lipinski definition) is 1. The maximum atomic E-state index is 5.59. The van der Waals surface area contributed by atoms with Gasteiger partial charge in [0.05, 0.1) is 12.1 Å². The van der Waals surface area contributed by atoms with Crippen LogP contribution in [-0.2, 0) is 6.54 Å². The zero-order valence-electron chi connectivity index (χ0n) is 9.83. The van der Waals surface area contributed by atoms with Crippen LogP contribution in [-0.4, -0.2) is 16.7 Å². The standard InChI is InChI=1S/C12H14BrN3O/c1-3-14-7-11-15-16-12(17-11)9-6-8(2)4-5-10(9)13/h4-6,14H,3,7H2,1-2H3. The molecule has 0 radical (unpaired) electrons. The lowest BCUT2D eigenvalue weighted by molar-refractivity contribution is 0.482. The summed E-state index contributed by atoms with van der Waals surface area (Å²) in [6.07, 6.45) is 0. The Balaban J connectivity index is 2.27. The molecule has 1 N–H and O–H groups in total. The van der Waals surface area contributed by atoms with Gasteiger partial charge in [-0.25, -0.2) is 0 Å². The number of hydrogen-bond acceptors (Lipinski definition) is 4. The van der Waals surface area contributed by atoms with Crippen molar-refractivity contribution in [3.05, 3.63) is 34.1 Å². The maximum absolute atomic E-state index is 5.59. The van der Waals surface area contributed by atoms with Crippen LogP contribution in [0.1, 0.15) is 18.4 Å². The fourth-order valence-corrected chi connectivity index (χ4v) is 1.89. The average molecular weight is 296 g/mol. The highest BCUT2D eigenvalue weighted by Gasteiger charge is 2.11. The maximum Gasteiger partial charge on any atom is 0.248 e. The lowest BCUT2D eigenvalue weighted by atomic mass is 10.1. The summed E-state index contributed by atoms with van der Waals surface area (Å²) in [6.45, 7) is 5.55. The summed E-state index contributed by atoms with van der Waals surface area (Å²) in [5, 5.41) is 11.2. The van der Waals surface area contributed by atoms with Gasteiger partial charge in [-0.2, -0.15) is 0 Å². The highest BCUT2D eigenvalue weighted by atomic mass is 79.9. The molecule has 5 heteroatoms. The van der Waals surface area contributed by atoms with Gasteiger partial charge in [-0.3, -0.25) is 0 Å². The van der Waals surface area contributed by atoms with Gasteiger partial charge in [-0.05, 0) is 41.5 Å². The van der Waals surface area contributed by atoms with Crippen molar-refractivity contribution in [3.63, 3.8) is 0 Å². The fraction of sp³-hybridized carbons (Fsp3) is 0.333. The van der Waals surface area contributed by atoms with Crippen molar-refractivity contribution >= 4 is 15.9 Å². The fourth-order valence-electron chi connectivity index (χ4n) is 1.47.